The first kappa shape index (κ1) is 14.3. The monoisotopic (exact) mass is 297 g/mol. The second-order valence-corrected chi connectivity index (χ2v) is 4.92. The van der Waals surface area contributed by atoms with E-state index >= 15 is 0 Å². The number of imidazole rings is 1. The largest absolute Gasteiger partial charge is 0.345 e. The highest BCUT2D eigenvalue weighted by atomic mass is 19.1. The summed E-state index contributed by atoms with van der Waals surface area (Å²) in [6.07, 6.45) is 0. The standard InChI is InChI=1S/C17H16FN3O/c1-2-21-15-10-6-5-9-14(15)20-16(21)11-19-17(22)12-7-3-4-8-13(12)18/h3-10H,2,11H2,1H3,(H,19,22). The van der Waals surface area contributed by atoms with Crippen molar-refractivity contribution in [2.75, 3.05) is 0 Å². The molecule has 3 aromatic rings. The highest BCUT2D eigenvalue weighted by Gasteiger charge is 2.13. The van der Waals surface area contributed by atoms with Crippen LogP contribution < -0.4 is 5.32 Å². The molecular formula is C17H16FN3O. The van der Waals surface area contributed by atoms with Crippen LogP contribution in [0, 0.1) is 5.82 Å². The molecule has 0 unspecified atom stereocenters. The Kier molecular flexibility index (Phi) is 3.87. The minimum Gasteiger partial charge on any atom is -0.345 e. The number of hydrogen-bond acceptors (Lipinski definition) is 2. The first-order valence-electron chi connectivity index (χ1n) is 7.17. The zero-order valence-corrected chi connectivity index (χ0v) is 12.2. The molecule has 22 heavy (non-hydrogen) atoms. The van der Waals surface area contributed by atoms with Crippen LogP contribution in [0.25, 0.3) is 11.0 Å². The van der Waals surface area contributed by atoms with Gasteiger partial charge < -0.3 is 9.88 Å². The molecule has 4 nitrogen and oxygen atoms in total. The maximum Gasteiger partial charge on any atom is 0.254 e. The van der Waals surface area contributed by atoms with E-state index in [1.807, 2.05) is 35.8 Å². The van der Waals surface area contributed by atoms with Crippen LogP contribution in [-0.2, 0) is 13.1 Å². The van der Waals surface area contributed by atoms with Crippen molar-refractivity contribution in [3.8, 4) is 0 Å². The predicted molar refractivity (Wildman–Crippen MR) is 83.0 cm³/mol. The number of carbonyl (C=O) groups is 1. The van der Waals surface area contributed by atoms with E-state index in [1.54, 1.807) is 12.1 Å². The van der Waals surface area contributed by atoms with Crippen molar-refractivity contribution in [2.45, 2.75) is 20.0 Å². The SMILES string of the molecule is CCn1c(CNC(=O)c2ccccc2F)nc2ccccc21. The molecule has 0 aliphatic carbocycles. The van der Waals surface area contributed by atoms with Crippen molar-refractivity contribution in [3.63, 3.8) is 0 Å². The van der Waals surface area contributed by atoms with E-state index in [9.17, 15) is 9.18 Å². The van der Waals surface area contributed by atoms with Crippen LogP contribution in [0.1, 0.15) is 23.1 Å². The minimum absolute atomic E-state index is 0.0432. The number of aromatic nitrogens is 2. The molecule has 0 spiro atoms. The van der Waals surface area contributed by atoms with Gasteiger partial charge >= 0.3 is 0 Å². The second kappa shape index (κ2) is 5.97. The highest BCUT2D eigenvalue weighted by molar-refractivity contribution is 5.94. The number of hydrogen-bond donors (Lipinski definition) is 1. The Labute approximate surface area is 127 Å². The van der Waals surface area contributed by atoms with E-state index in [-0.39, 0.29) is 12.1 Å². The lowest BCUT2D eigenvalue weighted by molar-refractivity contribution is 0.0945. The molecule has 0 radical (unpaired) electrons. The summed E-state index contributed by atoms with van der Waals surface area (Å²) in [6.45, 7) is 3.04. The smallest absolute Gasteiger partial charge is 0.254 e. The van der Waals surface area contributed by atoms with Gasteiger partial charge in [0.2, 0.25) is 0 Å². The van der Waals surface area contributed by atoms with Crippen molar-refractivity contribution < 1.29 is 9.18 Å². The van der Waals surface area contributed by atoms with Gasteiger partial charge in [-0.05, 0) is 31.2 Å². The number of aryl methyl sites for hydroxylation is 1. The molecule has 0 aliphatic heterocycles. The zero-order valence-electron chi connectivity index (χ0n) is 12.2. The molecule has 5 heteroatoms. The molecule has 1 heterocycles. The molecule has 2 aromatic carbocycles. The molecule has 1 amide bonds. The Hall–Kier alpha value is -2.69. The maximum atomic E-state index is 13.6. The summed E-state index contributed by atoms with van der Waals surface area (Å²) >= 11 is 0. The fraction of sp³-hybridized carbons (Fsp3) is 0.176. The second-order valence-electron chi connectivity index (χ2n) is 4.92. The molecule has 0 saturated heterocycles. The lowest BCUT2D eigenvalue weighted by Gasteiger charge is -2.08. The number of fused-ring (bicyclic) bond motifs is 1. The molecule has 1 aromatic heterocycles. The van der Waals surface area contributed by atoms with Crippen LogP contribution in [-0.4, -0.2) is 15.5 Å². The van der Waals surface area contributed by atoms with Crippen LogP contribution in [0.15, 0.2) is 48.5 Å². The molecule has 112 valence electrons. The Morgan fingerprint density at radius 2 is 1.91 bits per heavy atom. The Bertz CT molecular complexity index is 826. The average molecular weight is 297 g/mol. The van der Waals surface area contributed by atoms with Gasteiger partial charge in [0.1, 0.15) is 11.6 Å². The Balaban J connectivity index is 1.82. The third kappa shape index (κ3) is 2.57. The fourth-order valence-electron chi connectivity index (χ4n) is 2.51. The summed E-state index contributed by atoms with van der Waals surface area (Å²) in [5, 5.41) is 2.73. The van der Waals surface area contributed by atoms with E-state index in [0.717, 1.165) is 23.4 Å². The molecule has 1 N–H and O–H groups in total. The van der Waals surface area contributed by atoms with Gasteiger partial charge in [0.05, 0.1) is 23.1 Å². The summed E-state index contributed by atoms with van der Waals surface area (Å²) in [6, 6.07) is 13.7. The number of nitrogens with zero attached hydrogens (tertiary/aromatic N) is 2. The Morgan fingerprint density at radius 1 is 1.18 bits per heavy atom. The van der Waals surface area contributed by atoms with Gasteiger partial charge in [-0.1, -0.05) is 24.3 Å². The normalized spacial score (nSPS) is 10.8. The average Bonchev–Trinajstić information content (AvgIpc) is 2.90. The number of para-hydroxylation sites is 2. The molecule has 0 fully saturated rings. The summed E-state index contributed by atoms with van der Waals surface area (Å²) < 4.78 is 15.6. The number of nitrogens with one attached hydrogen (secondary N) is 1. The first-order valence-corrected chi connectivity index (χ1v) is 7.17. The van der Waals surface area contributed by atoms with Crippen molar-refractivity contribution in [1.82, 2.24) is 14.9 Å². The van der Waals surface area contributed by atoms with E-state index in [2.05, 4.69) is 10.3 Å². The lowest BCUT2D eigenvalue weighted by Crippen LogP contribution is -2.25. The molecule has 3 rings (SSSR count). The van der Waals surface area contributed by atoms with E-state index in [1.165, 1.54) is 12.1 Å². The molecular weight excluding hydrogens is 281 g/mol. The van der Waals surface area contributed by atoms with E-state index in [4.69, 9.17) is 0 Å². The molecule has 0 atom stereocenters. The molecule has 0 aliphatic rings. The molecule has 0 bridgehead atoms. The van der Waals surface area contributed by atoms with Crippen molar-refractivity contribution in [3.05, 3.63) is 65.7 Å². The quantitative estimate of drug-likeness (QED) is 0.804. The van der Waals surface area contributed by atoms with Crippen LogP contribution >= 0.6 is 0 Å². The van der Waals surface area contributed by atoms with Crippen LogP contribution in [0.5, 0.6) is 0 Å². The zero-order chi connectivity index (χ0) is 15.5. The number of rotatable bonds is 4. The highest BCUT2D eigenvalue weighted by Crippen LogP contribution is 2.16. The number of amides is 1. The number of carbonyl (C=O) groups excluding carboxylic acids is 1. The summed E-state index contributed by atoms with van der Waals surface area (Å²) in [4.78, 5) is 16.6. The molecule has 0 saturated carbocycles. The van der Waals surface area contributed by atoms with E-state index < -0.39 is 11.7 Å². The third-order valence-electron chi connectivity index (χ3n) is 3.58. The van der Waals surface area contributed by atoms with Gasteiger partial charge in [0, 0.05) is 6.54 Å². The fourth-order valence-corrected chi connectivity index (χ4v) is 2.51. The Morgan fingerprint density at radius 3 is 2.68 bits per heavy atom. The lowest BCUT2D eigenvalue weighted by atomic mass is 10.2. The van der Waals surface area contributed by atoms with Crippen molar-refractivity contribution in [2.24, 2.45) is 0 Å². The van der Waals surface area contributed by atoms with Crippen molar-refractivity contribution in [1.29, 1.82) is 0 Å². The predicted octanol–water partition coefficient (Wildman–Crippen LogP) is 3.13. The maximum absolute atomic E-state index is 13.6. The van der Waals surface area contributed by atoms with Gasteiger partial charge in [-0.3, -0.25) is 4.79 Å². The third-order valence-corrected chi connectivity index (χ3v) is 3.58. The van der Waals surface area contributed by atoms with Gasteiger partial charge in [-0.25, -0.2) is 9.37 Å². The number of benzene rings is 2. The van der Waals surface area contributed by atoms with Gasteiger partial charge in [0.25, 0.3) is 5.91 Å². The number of halogens is 1. The van der Waals surface area contributed by atoms with Gasteiger partial charge in [-0.15, -0.1) is 0 Å². The first-order chi connectivity index (χ1) is 10.7. The van der Waals surface area contributed by atoms with E-state index in [0.29, 0.717) is 0 Å². The minimum atomic E-state index is -0.524. The van der Waals surface area contributed by atoms with Crippen molar-refractivity contribution >= 4 is 16.9 Å². The van der Waals surface area contributed by atoms with Crippen LogP contribution in [0.2, 0.25) is 0 Å². The van der Waals surface area contributed by atoms with Crippen LogP contribution in [0.3, 0.4) is 0 Å². The van der Waals surface area contributed by atoms with Crippen LogP contribution in [0.4, 0.5) is 4.39 Å². The summed E-state index contributed by atoms with van der Waals surface area (Å²) in [5.74, 6) is -0.204. The summed E-state index contributed by atoms with van der Waals surface area (Å²) in [7, 11) is 0. The van der Waals surface area contributed by atoms with Gasteiger partial charge in [-0.2, -0.15) is 0 Å². The summed E-state index contributed by atoms with van der Waals surface area (Å²) in [5.41, 5.74) is 1.96. The topological polar surface area (TPSA) is 46.9 Å². The van der Waals surface area contributed by atoms with Gasteiger partial charge in [0.15, 0.2) is 0 Å².